The Labute approximate surface area is 558 Å². The molecule has 0 N–H and O–H groups in total. The molecule has 0 bridgehead atoms. The Bertz CT molecular complexity index is 4950. The molecule has 15 aromatic carbocycles. The van der Waals surface area contributed by atoms with Gasteiger partial charge in [-0.15, -0.1) is 0 Å². The molecule has 0 atom stereocenters. The fourth-order valence-electron chi connectivity index (χ4n) is 12.3. The first kappa shape index (κ1) is 61.2. The van der Waals surface area contributed by atoms with Crippen molar-refractivity contribution in [3.05, 3.63) is 382 Å². The van der Waals surface area contributed by atoms with Gasteiger partial charge in [0.25, 0.3) is 0 Å². The summed E-state index contributed by atoms with van der Waals surface area (Å²) in [4.78, 5) is 13.4. The first-order valence-corrected chi connectivity index (χ1v) is 32.0. The van der Waals surface area contributed by atoms with E-state index in [-0.39, 0.29) is 0 Å². The van der Waals surface area contributed by atoms with Crippen LogP contribution in [0.4, 0.5) is 85.3 Å². The zero-order chi connectivity index (χ0) is 64.7. The van der Waals surface area contributed by atoms with E-state index in [2.05, 4.69) is 383 Å². The molecule has 7 heteroatoms. The van der Waals surface area contributed by atoms with Crippen LogP contribution in [0.1, 0.15) is 5.56 Å². The fourth-order valence-corrected chi connectivity index (χ4v) is 12.3. The molecule has 0 heterocycles. The second kappa shape index (κ2) is 29.1. The van der Waals surface area contributed by atoms with Crippen LogP contribution in [0.25, 0.3) is 32.3 Å². The predicted octanol–water partition coefficient (Wildman–Crippen LogP) is 24.1. The van der Waals surface area contributed by atoms with Crippen LogP contribution in [0.3, 0.4) is 0 Å². The maximum Gasteiger partial charge on any atom is 0.0992 e. The lowest BCUT2D eigenvalue weighted by Crippen LogP contribution is -2.12. The summed E-state index contributed by atoms with van der Waals surface area (Å²) in [5.74, 6) is 0. The molecular formula is C88H71N7. The second-order valence-corrected chi connectivity index (χ2v) is 23.1. The van der Waals surface area contributed by atoms with Crippen molar-refractivity contribution in [3.8, 4) is 6.07 Å². The minimum atomic E-state index is 0.658. The number of fused-ring (bicyclic) bond motifs is 3. The average Bonchev–Trinajstić information content (AvgIpc) is 0.841. The Morgan fingerprint density at radius 1 is 0.200 bits per heavy atom. The quantitative estimate of drug-likeness (QED) is 0.101. The number of hydrogen-bond acceptors (Lipinski definition) is 7. The van der Waals surface area contributed by atoms with Crippen molar-refractivity contribution in [1.29, 1.82) is 5.26 Å². The van der Waals surface area contributed by atoms with E-state index in [9.17, 15) is 0 Å². The molecule has 15 rings (SSSR count). The number of para-hydroxylation sites is 5. The topological polar surface area (TPSA) is 43.2 Å². The highest BCUT2D eigenvalue weighted by Crippen LogP contribution is 2.43. The maximum absolute atomic E-state index is 9.15. The molecule has 0 aliphatic heterocycles. The Kier molecular flexibility index (Phi) is 18.8. The smallest absolute Gasteiger partial charge is 0.0992 e. The third kappa shape index (κ3) is 13.9. The van der Waals surface area contributed by atoms with E-state index < -0.39 is 0 Å². The molecule has 95 heavy (non-hydrogen) atoms. The van der Waals surface area contributed by atoms with Gasteiger partial charge in [-0.25, -0.2) is 0 Å². The van der Waals surface area contributed by atoms with Gasteiger partial charge in [0, 0.05) is 111 Å². The van der Waals surface area contributed by atoms with E-state index in [0.29, 0.717) is 5.56 Å². The lowest BCUT2D eigenvalue weighted by molar-refractivity contribution is 1.20. The van der Waals surface area contributed by atoms with Gasteiger partial charge in [0.15, 0.2) is 0 Å². The maximum atomic E-state index is 9.15. The Morgan fingerprint density at radius 2 is 0.442 bits per heavy atom. The molecule has 0 spiro atoms. The Hall–Kier alpha value is -12.6. The number of rotatable bonds is 15. The van der Waals surface area contributed by atoms with Crippen molar-refractivity contribution in [2.24, 2.45) is 0 Å². The van der Waals surface area contributed by atoms with Gasteiger partial charge >= 0.3 is 0 Å². The molecule has 0 aliphatic carbocycles. The fraction of sp³-hybridized carbons (Fsp3) is 0.0341. The number of anilines is 15. The van der Waals surface area contributed by atoms with Gasteiger partial charge < -0.3 is 29.4 Å². The number of benzene rings is 15. The van der Waals surface area contributed by atoms with E-state index in [4.69, 9.17) is 5.26 Å². The van der Waals surface area contributed by atoms with Crippen molar-refractivity contribution in [2.45, 2.75) is 0 Å². The molecule has 0 aromatic heterocycles. The number of nitrogens with zero attached hydrogens (tertiary/aromatic N) is 7. The van der Waals surface area contributed by atoms with Gasteiger partial charge in [0.2, 0.25) is 0 Å². The van der Waals surface area contributed by atoms with Gasteiger partial charge in [-0.05, 0) is 186 Å². The molecule has 0 amide bonds. The van der Waals surface area contributed by atoms with Gasteiger partial charge in [-0.3, -0.25) is 0 Å². The van der Waals surface area contributed by atoms with E-state index in [1.165, 1.54) is 55.1 Å². The standard InChI is InChI=1S/C33H26N2.C29H24N2.C26H21N3/c1-34(32-19-9-13-25-11-5-7-17-30(25)32)27-21-23-29(24-22-27)35(28-15-3-2-4-16-28)33-20-10-14-26-12-6-8-18-31(26)33;1-30(24-13-4-2-5-14-24)25-19-21-27(22-20-25)31(26-15-6-3-7-16-26)29-18-10-12-23-11-8-9-17-28(23)29;1-28(26-14-8-9-21(19-26)20-27)22-15-17-25(18-16-22)29(23-10-4-2-5-11-23)24-12-6-3-7-13-24/h2-24H,1H3;2-22H,1H3;2-19H,1H3. The predicted molar refractivity (Wildman–Crippen MR) is 404 cm³/mol. The van der Waals surface area contributed by atoms with Crippen LogP contribution in [0.2, 0.25) is 0 Å². The zero-order valence-corrected chi connectivity index (χ0v) is 53.4. The van der Waals surface area contributed by atoms with Crippen LogP contribution in [0.15, 0.2) is 376 Å². The minimum Gasteiger partial charge on any atom is -0.345 e. The Balaban J connectivity index is 0.000000130. The summed E-state index contributed by atoms with van der Waals surface area (Å²) in [7, 11) is 6.25. The highest BCUT2D eigenvalue weighted by molar-refractivity contribution is 6.01. The largest absolute Gasteiger partial charge is 0.345 e. The van der Waals surface area contributed by atoms with Crippen molar-refractivity contribution < 1.29 is 0 Å². The first-order valence-electron chi connectivity index (χ1n) is 32.0. The van der Waals surface area contributed by atoms with Crippen molar-refractivity contribution >= 4 is 118 Å². The molecule has 0 fully saturated rings. The summed E-state index contributed by atoms with van der Waals surface area (Å²) in [6, 6.07) is 133. The van der Waals surface area contributed by atoms with E-state index in [1.807, 2.05) is 49.5 Å². The summed E-state index contributed by atoms with van der Waals surface area (Å²) < 4.78 is 0. The highest BCUT2D eigenvalue weighted by Gasteiger charge is 2.19. The van der Waals surface area contributed by atoms with Gasteiger partial charge in [-0.1, -0.05) is 206 Å². The van der Waals surface area contributed by atoms with Crippen molar-refractivity contribution in [1.82, 2.24) is 0 Å². The first-order chi connectivity index (χ1) is 46.9. The van der Waals surface area contributed by atoms with E-state index in [1.54, 1.807) is 0 Å². The summed E-state index contributed by atoms with van der Waals surface area (Å²) >= 11 is 0. The number of nitriles is 1. The average molecular weight is 1230 g/mol. The van der Waals surface area contributed by atoms with Crippen molar-refractivity contribution in [2.75, 3.05) is 50.5 Å². The van der Waals surface area contributed by atoms with Gasteiger partial charge in [0.05, 0.1) is 23.0 Å². The van der Waals surface area contributed by atoms with Gasteiger partial charge in [-0.2, -0.15) is 5.26 Å². The normalized spacial score (nSPS) is 10.7. The zero-order valence-electron chi connectivity index (χ0n) is 53.4. The van der Waals surface area contributed by atoms with E-state index >= 15 is 0 Å². The van der Waals surface area contributed by atoms with Crippen LogP contribution in [-0.2, 0) is 0 Å². The van der Waals surface area contributed by atoms with E-state index in [0.717, 1.165) is 62.6 Å². The molecule has 0 unspecified atom stereocenters. The van der Waals surface area contributed by atoms with Gasteiger partial charge in [0.1, 0.15) is 0 Å². The monoisotopic (exact) mass is 1230 g/mol. The van der Waals surface area contributed by atoms with Crippen LogP contribution < -0.4 is 29.4 Å². The SMILES string of the molecule is CN(c1ccc(N(c2ccccc2)c2cccc3ccccc23)cc1)c1cccc2ccccc12.CN(c1ccc(N(c2ccccc2)c2ccccc2)cc1)c1cccc(C#N)c1.CN(c1ccccc1)c1ccc(N(c2ccccc2)c2cccc3ccccc23)cc1. The lowest BCUT2D eigenvalue weighted by Gasteiger charge is -2.28. The molecule has 7 nitrogen and oxygen atoms in total. The van der Waals surface area contributed by atoms with Crippen LogP contribution in [0, 0.1) is 11.3 Å². The lowest BCUT2D eigenvalue weighted by atomic mass is 10.1. The molecule has 0 radical (unpaired) electrons. The van der Waals surface area contributed by atoms with Crippen LogP contribution in [-0.4, -0.2) is 21.1 Å². The van der Waals surface area contributed by atoms with Crippen LogP contribution in [0.5, 0.6) is 0 Å². The number of hydrogen-bond donors (Lipinski definition) is 0. The molecule has 15 aromatic rings. The van der Waals surface area contributed by atoms with Crippen LogP contribution >= 0.6 is 0 Å². The minimum absolute atomic E-state index is 0.658. The summed E-state index contributed by atoms with van der Waals surface area (Å²) in [5.41, 5.74) is 17.6. The highest BCUT2D eigenvalue weighted by atomic mass is 15.2. The molecule has 0 saturated heterocycles. The third-order valence-electron chi connectivity index (χ3n) is 17.2. The molecule has 0 saturated carbocycles. The summed E-state index contributed by atoms with van der Waals surface area (Å²) in [6.45, 7) is 0. The molecule has 0 aliphatic rings. The molecule has 458 valence electrons. The summed E-state index contributed by atoms with van der Waals surface area (Å²) in [6.07, 6.45) is 0. The summed E-state index contributed by atoms with van der Waals surface area (Å²) in [5, 5.41) is 16.6. The second-order valence-electron chi connectivity index (χ2n) is 23.1. The third-order valence-corrected chi connectivity index (χ3v) is 17.2. The van der Waals surface area contributed by atoms with Crippen molar-refractivity contribution in [3.63, 3.8) is 0 Å². The molecular weight excluding hydrogens is 1160 g/mol. The Morgan fingerprint density at radius 3 is 0.832 bits per heavy atom.